The van der Waals surface area contributed by atoms with Gasteiger partial charge >= 0.3 is 0 Å². The standard InChI is InChI=1S/C12H13NO2S2/c1-7-8(2)17-11(13-7)6-9(14)12-10(15-3)4-5-16-12/h4-5H,6H2,1-3H3. The molecule has 0 amide bonds. The van der Waals surface area contributed by atoms with Crippen LogP contribution < -0.4 is 4.74 Å². The van der Waals surface area contributed by atoms with Crippen molar-refractivity contribution in [2.45, 2.75) is 20.3 Å². The van der Waals surface area contributed by atoms with Gasteiger partial charge in [-0.3, -0.25) is 4.79 Å². The molecule has 2 rings (SSSR count). The average Bonchev–Trinajstić information content (AvgIpc) is 2.86. The molecule has 0 spiro atoms. The Hall–Kier alpha value is -1.20. The second kappa shape index (κ2) is 4.98. The third kappa shape index (κ3) is 2.56. The van der Waals surface area contributed by atoms with Crippen molar-refractivity contribution in [2.75, 3.05) is 7.11 Å². The van der Waals surface area contributed by atoms with Crippen LogP contribution in [0.2, 0.25) is 0 Å². The molecule has 0 atom stereocenters. The third-order valence-corrected chi connectivity index (χ3v) is 4.50. The molecule has 0 aliphatic heterocycles. The summed E-state index contributed by atoms with van der Waals surface area (Å²) in [6.45, 7) is 3.98. The van der Waals surface area contributed by atoms with Crippen LogP contribution in [-0.4, -0.2) is 17.9 Å². The number of methoxy groups -OCH3 is 1. The lowest BCUT2D eigenvalue weighted by Gasteiger charge is -1.99. The van der Waals surface area contributed by atoms with Gasteiger partial charge in [0.1, 0.15) is 15.6 Å². The van der Waals surface area contributed by atoms with Gasteiger partial charge in [-0.15, -0.1) is 22.7 Å². The highest BCUT2D eigenvalue weighted by molar-refractivity contribution is 7.13. The monoisotopic (exact) mass is 267 g/mol. The van der Waals surface area contributed by atoms with Crippen LogP contribution in [0.5, 0.6) is 5.75 Å². The lowest BCUT2D eigenvalue weighted by molar-refractivity contribution is 0.0994. The molecular weight excluding hydrogens is 254 g/mol. The van der Waals surface area contributed by atoms with Crippen LogP contribution in [0.1, 0.15) is 25.3 Å². The molecule has 5 heteroatoms. The minimum Gasteiger partial charge on any atom is -0.495 e. The molecule has 90 valence electrons. The molecule has 0 N–H and O–H groups in total. The van der Waals surface area contributed by atoms with E-state index in [1.807, 2.05) is 25.3 Å². The Labute approximate surface area is 108 Å². The Morgan fingerprint density at radius 2 is 2.24 bits per heavy atom. The number of ketones is 1. The summed E-state index contributed by atoms with van der Waals surface area (Å²) < 4.78 is 5.15. The lowest BCUT2D eigenvalue weighted by atomic mass is 10.2. The molecule has 2 heterocycles. The van der Waals surface area contributed by atoms with Crippen LogP contribution in [0.15, 0.2) is 11.4 Å². The van der Waals surface area contributed by atoms with Gasteiger partial charge in [0.2, 0.25) is 0 Å². The number of carbonyl (C=O) groups is 1. The van der Waals surface area contributed by atoms with Crippen molar-refractivity contribution in [3.8, 4) is 5.75 Å². The Morgan fingerprint density at radius 1 is 1.47 bits per heavy atom. The molecule has 0 unspecified atom stereocenters. The number of aromatic nitrogens is 1. The van der Waals surface area contributed by atoms with E-state index in [0.717, 1.165) is 10.7 Å². The maximum atomic E-state index is 12.1. The molecular formula is C12H13NO2S2. The number of ether oxygens (including phenoxy) is 1. The molecule has 2 aromatic heterocycles. The molecule has 0 saturated carbocycles. The van der Waals surface area contributed by atoms with Crippen LogP contribution in [0.25, 0.3) is 0 Å². The van der Waals surface area contributed by atoms with Gasteiger partial charge in [-0.05, 0) is 25.3 Å². The third-order valence-electron chi connectivity index (χ3n) is 2.49. The van der Waals surface area contributed by atoms with Crippen molar-refractivity contribution in [3.05, 3.63) is 31.9 Å². The molecule has 0 aromatic carbocycles. The van der Waals surface area contributed by atoms with Gasteiger partial charge in [-0.2, -0.15) is 0 Å². The van der Waals surface area contributed by atoms with E-state index in [-0.39, 0.29) is 5.78 Å². The highest BCUT2D eigenvalue weighted by Crippen LogP contribution is 2.27. The van der Waals surface area contributed by atoms with Gasteiger partial charge in [0, 0.05) is 4.88 Å². The van der Waals surface area contributed by atoms with E-state index in [1.165, 1.54) is 16.2 Å². The first-order valence-electron chi connectivity index (χ1n) is 5.19. The number of aryl methyl sites for hydroxylation is 2. The minimum atomic E-state index is 0.0746. The number of rotatable bonds is 4. The van der Waals surface area contributed by atoms with E-state index >= 15 is 0 Å². The zero-order chi connectivity index (χ0) is 12.4. The summed E-state index contributed by atoms with van der Waals surface area (Å²) >= 11 is 3.00. The molecule has 0 saturated heterocycles. The molecule has 0 aliphatic rings. The first kappa shape index (κ1) is 12.3. The van der Waals surface area contributed by atoms with Crippen LogP contribution in [0.4, 0.5) is 0 Å². The van der Waals surface area contributed by atoms with Gasteiger partial charge in [0.15, 0.2) is 5.78 Å². The largest absolute Gasteiger partial charge is 0.495 e. The molecule has 0 fully saturated rings. The average molecular weight is 267 g/mol. The van der Waals surface area contributed by atoms with Crippen LogP contribution >= 0.6 is 22.7 Å². The zero-order valence-electron chi connectivity index (χ0n) is 9.94. The summed E-state index contributed by atoms with van der Waals surface area (Å²) in [6.07, 6.45) is 0.357. The van der Waals surface area contributed by atoms with E-state index in [2.05, 4.69) is 4.98 Å². The summed E-state index contributed by atoms with van der Waals surface area (Å²) in [6, 6.07) is 1.82. The fraction of sp³-hybridized carbons (Fsp3) is 0.333. The number of hydrogen-bond donors (Lipinski definition) is 0. The van der Waals surface area contributed by atoms with E-state index in [4.69, 9.17) is 4.74 Å². The van der Waals surface area contributed by atoms with E-state index in [1.54, 1.807) is 18.4 Å². The van der Waals surface area contributed by atoms with Crippen molar-refractivity contribution in [1.82, 2.24) is 4.98 Å². The number of Topliss-reactive ketones (excluding diaryl/α,β-unsaturated/α-hetero) is 1. The van der Waals surface area contributed by atoms with E-state index in [9.17, 15) is 4.79 Å². The summed E-state index contributed by atoms with van der Waals surface area (Å²) in [5.41, 5.74) is 1.01. The molecule has 17 heavy (non-hydrogen) atoms. The summed E-state index contributed by atoms with van der Waals surface area (Å²) in [7, 11) is 1.58. The van der Waals surface area contributed by atoms with Crippen molar-refractivity contribution in [3.63, 3.8) is 0 Å². The highest BCUT2D eigenvalue weighted by atomic mass is 32.1. The van der Waals surface area contributed by atoms with Crippen molar-refractivity contribution in [2.24, 2.45) is 0 Å². The molecule has 0 aliphatic carbocycles. The van der Waals surface area contributed by atoms with Crippen LogP contribution in [0.3, 0.4) is 0 Å². The lowest BCUT2D eigenvalue weighted by Crippen LogP contribution is -2.02. The first-order chi connectivity index (χ1) is 8.11. The number of carbonyl (C=O) groups excluding carboxylic acids is 1. The van der Waals surface area contributed by atoms with Crippen molar-refractivity contribution in [1.29, 1.82) is 0 Å². The quantitative estimate of drug-likeness (QED) is 0.798. The van der Waals surface area contributed by atoms with Gasteiger partial charge in [0.05, 0.1) is 19.2 Å². The second-order valence-electron chi connectivity index (χ2n) is 3.67. The summed E-state index contributed by atoms with van der Waals surface area (Å²) in [4.78, 5) is 18.3. The van der Waals surface area contributed by atoms with Gasteiger partial charge in [0.25, 0.3) is 0 Å². The second-order valence-corrected chi connectivity index (χ2v) is 5.87. The fourth-order valence-corrected chi connectivity index (χ4v) is 3.23. The number of thiophene rings is 1. The molecule has 3 nitrogen and oxygen atoms in total. The predicted octanol–water partition coefficient (Wildman–Crippen LogP) is 3.26. The van der Waals surface area contributed by atoms with Crippen LogP contribution in [-0.2, 0) is 6.42 Å². The Balaban J connectivity index is 2.17. The van der Waals surface area contributed by atoms with Gasteiger partial charge in [-0.1, -0.05) is 0 Å². The Morgan fingerprint density at radius 3 is 2.82 bits per heavy atom. The van der Waals surface area contributed by atoms with Crippen molar-refractivity contribution >= 4 is 28.5 Å². The maximum Gasteiger partial charge on any atom is 0.183 e. The number of nitrogens with zero attached hydrogens (tertiary/aromatic N) is 1. The molecule has 0 bridgehead atoms. The summed E-state index contributed by atoms with van der Waals surface area (Å²) in [5, 5.41) is 2.74. The minimum absolute atomic E-state index is 0.0746. The number of thiazole rings is 1. The maximum absolute atomic E-state index is 12.1. The Bertz CT molecular complexity index is 523. The van der Waals surface area contributed by atoms with E-state index in [0.29, 0.717) is 17.0 Å². The van der Waals surface area contributed by atoms with Gasteiger partial charge in [-0.25, -0.2) is 4.98 Å². The SMILES string of the molecule is COc1ccsc1C(=O)Cc1nc(C)c(C)s1. The number of hydrogen-bond acceptors (Lipinski definition) is 5. The van der Waals surface area contributed by atoms with Gasteiger partial charge < -0.3 is 4.74 Å². The zero-order valence-corrected chi connectivity index (χ0v) is 11.6. The fourth-order valence-electron chi connectivity index (χ4n) is 1.49. The van der Waals surface area contributed by atoms with Crippen LogP contribution in [0, 0.1) is 13.8 Å². The predicted molar refractivity (Wildman–Crippen MR) is 70.5 cm³/mol. The van der Waals surface area contributed by atoms with Crippen molar-refractivity contribution < 1.29 is 9.53 Å². The normalized spacial score (nSPS) is 10.5. The first-order valence-corrected chi connectivity index (χ1v) is 6.89. The molecule has 0 radical (unpaired) electrons. The Kier molecular flexibility index (Phi) is 3.59. The highest BCUT2D eigenvalue weighted by Gasteiger charge is 2.16. The summed E-state index contributed by atoms with van der Waals surface area (Å²) in [5.74, 6) is 0.732. The topological polar surface area (TPSA) is 39.2 Å². The molecule has 2 aromatic rings. The smallest absolute Gasteiger partial charge is 0.183 e. The van der Waals surface area contributed by atoms with E-state index < -0.39 is 0 Å².